The SMILES string of the molecule is Cc1cccnc1CN1CCc2cnc(C3CCCCC3)nc2C1. The van der Waals surface area contributed by atoms with Gasteiger partial charge in [0, 0.05) is 37.9 Å². The van der Waals surface area contributed by atoms with Gasteiger partial charge in [0.2, 0.25) is 0 Å². The molecule has 0 N–H and O–H groups in total. The first-order chi connectivity index (χ1) is 11.8. The van der Waals surface area contributed by atoms with Crippen molar-refractivity contribution >= 4 is 0 Å². The van der Waals surface area contributed by atoms with Crippen LogP contribution >= 0.6 is 0 Å². The maximum absolute atomic E-state index is 4.98. The predicted octanol–water partition coefficient (Wildman–Crippen LogP) is 3.79. The average Bonchev–Trinajstić information content (AvgIpc) is 2.64. The lowest BCUT2D eigenvalue weighted by atomic mass is 9.88. The molecule has 0 bridgehead atoms. The number of pyridine rings is 1. The van der Waals surface area contributed by atoms with Gasteiger partial charge in [-0.2, -0.15) is 0 Å². The maximum atomic E-state index is 4.98. The fourth-order valence-electron chi connectivity index (χ4n) is 3.96. The predicted molar refractivity (Wildman–Crippen MR) is 94.7 cm³/mol. The molecule has 1 fully saturated rings. The molecule has 2 aromatic heterocycles. The van der Waals surface area contributed by atoms with Gasteiger partial charge in [0.15, 0.2) is 0 Å². The molecular formula is C20H26N4. The summed E-state index contributed by atoms with van der Waals surface area (Å²) >= 11 is 0. The van der Waals surface area contributed by atoms with Crippen LogP contribution in [0.2, 0.25) is 0 Å². The number of aryl methyl sites for hydroxylation is 1. The van der Waals surface area contributed by atoms with Gasteiger partial charge in [0.1, 0.15) is 5.82 Å². The van der Waals surface area contributed by atoms with Gasteiger partial charge in [-0.15, -0.1) is 0 Å². The molecule has 3 heterocycles. The number of hydrogen-bond donors (Lipinski definition) is 0. The van der Waals surface area contributed by atoms with Crippen molar-refractivity contribution in [2.24, 2.45) is 0 Å². The summed E-state index contributed by atoms with van der Waals surface area (Å²) in [6.45, 7) is 5.04. The minimum atomic E-state index is 0.581. The second-order valence-electron chi connectivity index (χ2n) is 7.26. The van der Waals surface area contributed by atoms with Crippen molar-refractivity contribution in [1.29, 1.82) is 0 Å². The van der Waals surface area contributed by atoms with E-state index in [0.29, 0.717) is 5.92 Å². The highest BCUT2D eigenvalue weighted by Gasteiger charge is 2.23. The first-order valence-corrected chi connectivity index (χ1v) is 9.27. The summed E-state index contributed by atoms with van der Waals surface area (Å²) in [5.41, 5.74) is 5.03. The van der Waals surface area contributed by atoms with Crippen LogP contribution in [-0.4, -0.2) is 26.4 Å². The van der Waals surface area contributed by atoms with Gasteiger partial charge in [0.05, 0.1) is 11.4 Å². The first-order valence-electron chi connectivity index (χ1n) is 9.27. The third kappa shape index (κ3) is 3.34. The molecule has 1 saturated carbocycles. The van der Waals surface area contributed by atoms with Crippen LogP contribution in [0.25, 0.3) is 0 Å². The van der Waals surface area contributed by atoms with E-state index in [1.54, 1.807) is 0 Å². The minimum absolute atomic E-state index is 0.581. The summed E-state index contributed by atoms with van der Waals surface area (Å²) < 4.78 is 0. The van der Waals surface area contributed by atoms with Crippen LogP contribution in [0.15, 0.2) is 24.5 Å². The molecule has 2 aromatic rings. The van der Waals surface area contributed by atoms with Crippen LogP contribution in [0, 0.1) is 6.92 Å². The van der Waals surface area contributed by atoms with Crippen molar-refractivity contribution in [1.82, 2.24) is 19.9 Å². The van der Waals surface area contributed by atoms with Gasteiger partial charge in [-0.25, -0.2) is 9.97 Å². The van der Waals surface area contributed by atoms with Gasteiger partial charge in [-0.05, 0) is 43.4 Å². The first kappa shape index (κ1) is 15.7. The Morgan fingerprint density at radius 2 is 2.04 bits per heavy atom. The zero-order valence-electron chi connectivity index (χ0n) is 14.5. The highest BCUT2D eigenvalue weighted by Crippen LogP contribution is 2.31. The Labute approximate surface area is 144 Å². The molecule has 0 radical (unpaired) electrons. The quantitative estimate of drug-likeness (QED) is 0.862. The van der Waals surface area contributed by atoms with E-state index in [1.807, 2.05) is 12.3 Å². The molecule has 0 saturated heterocycles. The standard InChI is InChI=1S/C20H26N4/c1-15-6-5-10-21-18(15)13-24-11-9-17-12-22-20(23-19(17)14-24)16-7-3-2-4-8-16/h5-6,10,12,16H,2-4,7-9,11,13-14H2,1H3. The van der Waals surface area contributed by atoms with E-state index in [2.05, 4.69) is 29.1 Å². The van der Waals surface area contributed by atoms with E-state index >= 15 is 0 Å². The molecule has 0 amide bonds. The van der Waals surface area contributed by atoms with E-state index in [0.717, 1.165) is 31.9 Å². The van der Waals surface area contributed by atoms with E-state index in [9.17, 15) is 0 Å². The number of nitrogens with zero attached hydrogens (tertiary/aromatic N) is 4. The molecule has 0 spiro atoms. The molecule has 1 aliphatic carbocycles. The van der Waals surface area contributed by atoms with Gasteiger partial charge in [-0.3, -0.25) is 9.88 Å². The highest BCUT2D eigenvalue weighted by atomic mass is 15.1. The number of rotatable bonds is 3. The zero-order chi connectivity index (χ0) is 16.4. The van der Waals surface area contributed by atoms with Gasteiger partial charge in [-0.1, -0.05) is 25.3 Å². The third-order valence-corrected chi connectivity index (χ3v) is 5.51. The minimum Gasteiger partial charge on any atom is -0.291 e. The van der Waals surface area contributed by atoms with Gasteiger partial charge >= 0.3 is 0 Å². The molecule has 0 unspecified atom stereocenters. The fourth-order valence-corrected chi connectivity index (χ4v) is 3.96. The molecule has 24 heavy (non-hydrogen) atoms. The largest absolute Gasteiger partial charge is 0.291 e. The van der Waals surface area contributed by atoms with Gasteiger partial charge in [0.25, 0.3) is 0 Å². The normalized spacial score (nSPS) is 19.2. The van der Waals surface area contributed by atoms with Crippen LogP contribution in [0.4, 0.5) is 0 Å². The Hall–Kier alpha value is -1.81. The van der Waals surface area contributed by atoms with Crippen LogP contribution in [0.5, 0.6) is 0 Å². The molecule has 2 aliphatic rings. The van der Waals surface area contributed by atoms with Crippen molar-refractivity contribution in [3.05, 3.63) is 52.9 Å². The van der Waals surface area contributed by atoms with Crippen molar-refractivity contribution in [3.63, 3.8) is 0 Å². The molecule has 4 nitrogen and oxygen atoms in total. The molecule has 4 rings (SSSR count). The fraction of sp³-hybridized carbons (Fsp3) is 0.550. The van der Waals surface area contributed by atoms with Crippen molar-refractivity contribution in [3.8, 4) is 0 Å². The Morgan fingerprint density at radius 3 is 2.88 bits per heavy atom. The summed E-state index contributed by atoms with van der Waals surface area (Å²) in [7, 11) is 0. The monoisotopic (exact) mass is 322 g/mol. The number of aromatic nitrogens is 3. The molecule has 1 aliphatic heterocycles. The average molecular weight is 322 g/mol. The second-order valence-corrected chi connectivity index (χ2v) is 7.26. The lowest BCUT2D eigenvalue weighted by molar-refractivity contribution is 0.237. The Bertz CT molecular complexity index is 707. The molecular weight excluding hydrogens is 296 g/mol. The summed E-state index contributed by atoms with van der Waals surface area (Å²) in [6.07, 6.45) is 11.6. The topological polar surface area (TPSA) is 41.9 Å². The lowest BCUT2D eigenvalue weighted by Gasteiger charge is -2.29. The molecule has 0 aromatic carbocycles. The number of fused-ring (bicyclic) bond motifs is 1. The van der Waals surface area contributed by atoms with E-state index in [1.165, 1.54) is 54.6 Å². The van der Waals surface area contributed by atoms with Gasteiger partial charge < -0.3 is 0 Å². The lowest BCUT2D eigenvalue weighted by Crippen LogP contribution is -2.32. The maximum Gasteiger partial charge on any atom is 0.131 e. The second kappa shape index (κ2) is 6.98. The van der Waals surface area contributed by atoms with Crippen molar-refractivity contribution in [2.75, 3.05) is 6.54 Å². The molecule has 0 atom stereocenters. The van der Waals surface area contributed by atoms with Crippen LogP contribution < -0.4 is 0 Å². The third-order valence-electron chi connectivity index (χ3n) is 5.51. The van der Waals surface area contributed by atoms with E-state index in [4.69, 9.17) is 9.97 Å². The smallest absolute Gasteiger partial charge is 0.131 e. The Balaban J connectivity index is 1.50. The molecule has 126 valence electrons. The number of hydrogen-bond acceptors (Lipinski definition) is 4. The van der Waals surface area contributed by atoms with E-state index in [-0.39, 0.29) is 0 Å². The summed E-state index contributed by atoms with van der Waals surface area (Å²) in [4.78, 5) is 16.7. The van der Waals surface area contributed by atoms with Crippen LogP contribution in [-0.2, 0) is 19.5 Å². The summed E-state index contributed by atoms with van der Waals surface area (Å²) in [5, 5.41) is 0. The van der Waals surface area contributed by atoms with E-state index < -0.39 is 0 Å². The van der Waals surface area contributed by atoms with Crippen LogP contribution in [0.3, 0.4) is 0 Å². The summed E-state index contributed by atoms with van der Waals surface area (Å²) in [6, 6.07) is 4.15. The Morgan fingerprint density at radius 1 is 1.17 bits per heavy atom. The van der Waals surface area contributed by atoms with Crippen molar-refractivity contribution < 1.29 is 0 Å². The zero-order valence-corrected chi connectivity index (χ0v) is 14.5. The van der Waals surface area contributed by atoms with Crippen LogP contribution in [0.1, 0.15) is 66.4 Å². The summed E-state index contributed by atoms with van der Waals surface area (Å²) in [5.74, 6) is 1.67. The Kier molecular flexibility index (Phi) is 4.56. The highest BCUT2D eigenvalue weighted by molar-refractivity contribution is 5.23. The van der Waals surface area contributed by atoms with Crippen molar-refractivity contribution in [2.45, 2.75) is 64.5 Å². The molecule has 4 heteroatoms.